The summed E-state index contributed by atoms with van der Waals surface area (Å²) in [7, 11) is 1.28. The Labute approximate surface area is 118 Å². The molecule has 0 spiro atoms. The second-order valence-corrected chi connectivity index (χ2v) is 5.04. The smallest absolute Gasteiger partial charge is 0.357 e. The van der Waals surface area contributed by atoms with Gasteiger partial charge in [0.15, 0.2) is 10.7 Å². The zero-order valence-corrected chi connectivity index (χ0v) is 11.4. The maximum atomic E-state index is 12.4. The molecule has 100 valence electrons. The Bertz CT molecular complexity index is 734. The molecule has 0 saturated heterocycles. The van der Waals surface area contributed by atoms with Crippen LogP contribution < -0.4 is 0 Å². The van der Waals surface area contributed by atoms with Gasteiger partial charge in [0.25, 0.3) is 0 Å². The molecule has 3 rings (SSSR count). The van der Waals surface area contributed by atoms with Crippen LogP contribution in [0, 0.1) is 0 Å². The van der Waals surface area contributed by atoms with Crippen LogP contribution in [0.25, 0.3) is 0 Å². The van der Waals surface area contributed by atoms with E-state index in [0.29, 0.717) is 12.3 Å². The van der Waals surface area contributed by atoms with Gasteiger partial charge in [-0.3, -0.25) is 9.79 Å². The number of hydrogen-bond acceptors (Lipinski definition) is 6. The fourth-order valence-corrected chi connectivity index (χ4v) is 2.74. The van der Waals surface area contributed by atoms with Crippen LogP contribution in [0.1, 0.15) is 31.4 Å². The van der Waals surface area contributed by atoms with Gasteiger partial charge in [-0.2, -0.15) is 0 Å². The van der Waals surface area contributed by atoms with Gasteiger partial charge < -0.3 is 4.74 Å². The normalized spacial score (nSPS) is 12.8. The summed E-state index contributed by atoms with van der Waals surface area (Å²) in [5.41, 5.74) is 2.42. The fraction of sp³-hybridized carbons (Fsp3) is 0.143. The van der Waals surface area contributed by atoms with Gasteiger partial charge in [0.2, 0.25) is 5.78 Å². The summed E-state index contributed by atoms with van der Waals surface area (Å²) >= 11 is 1.12. The number of aliphatic imine (C=N–C) groups is 1. The number of hydrogen-bond donors (Lipinski definition) is 0. The summed E-state index contributed by atoms with van der Waals surface area (Å²) < 4.78 is 4.57. The van der Waals surface area contributed by atoms with Crippen LogP contribution >= 0.6 is 11.3 Å². The van der Waals surface area contributed by atoms with Crippen LogP contribution in [0.5, 0.6) is 0 Å². The van der Waals surface area contributed by atoms with Gasteiger partial charge in [0, 0.05) is 10.9 Å². The predicted molar refractivity (Wildman–Crippen MR) is 74.5 cm³/mol. The molecular formula is C14H10N2O3S. The van der Waals surface area contributed by atoms with Crippen LogP contribution in [-0.2, 0) is 11.3 Å². The zero-order valence-electron chi connectivity index (χ0n) is 10.6. The third-order valence-corrected chi connectivity index (χ3v) is 3.83. The van der Waals surface area contributed by atoms with E-state index in [1.807, 2.05) is 24.3 Å². The van der Waals surface area contributed by atoms with Crippen molar-refractivity contribution in [3.05, 3.63) is 51.5 Å². The topological polar surface area (TPSA) is 68.6 Å². The Morgan fingerprint density at radius 1 is 1.30 bits per heavy atom. The zero-order chi connectivity index (χ0) is 14.1. The molecule has 0 aliphatic carbocycles. The predicted octanol–water partition coefficient (Wildman–Crippen LogP) is 2.12. The summed E-state index contributed by atoms with van der Waals surface area (Å²) in [6.07, 6.45) is 0. The molecule has 0 unspecified atom stereocenters. The lowest BCUT2D eigenvalue weighted by atomic mass is 10.0. The second kappa shape index (κ2) is 4.97. The summed E-state index contributed by atoms with van der Waals surface area (Å²) in [4.78, 5) is 32.0. The fourth-order valence-electron chi connectivity index (χ4n) is 2.01. The molecule has 0 atom stereocenters. The van der Waals surface area contributed by atoms with E-state index in [1.54, 1.807) is 0 Å². The SMILES string of the molecule is COC(=O)c1csc(C(=O)C2=NCc3ccccc32)n1. The van der Waals surface area contributed by atoms with Gasteiger partial charge in [-0.05, 0) is 5.56 Å². The molecule has 2 heterocycles. The highest BCUT2D eigenvalue weighted by atomic mass is 32.1. The summed E-state index contributed by atoms with van der Waals surface area (Å²) in [6, 6.07) is 7.60. The second-order valence-electron chi connectivity index (χ2n) is 4.18. The van der Waals surface area contributed by atoms with Crippen molar-refractivity contribution < 1.29 is 14.3 Å². The molecule has 20 heavy (non-hydrogen) atoms. The molecule has 1 aliphatic rings. The van der Waals surface area contributed by atoms with Gasteiger partial charge in [-0.25, -0.2) is 9.78 Å². The van der Waals surface area contributed by atoms with E-state index in [2.05, 4.69) is 14.7 Å². The minimum atomic E-state index is -0.547. The average molecular weight is 286 g/mol. The Hall–Kier alpha value is -2.34. The van der Waals surface area contributed by atoms with Gasteiger partial charge in [-0.1, -0.05) is 24.3 Å². The number of ether oxygens (including phenoxy) is 1. The number of aromatic nitrogens is 1. The van der Waals surface area contributed by atoms with Crippen LogP contribution in [0.15, 0.2) is 34.6 Å². The van der Waals surface area contributed by atoms with Crippen molar-refractivity contribution in [3.63, 3.8) is 0 Å². The van der Waals surface area contributed by atoms with Gasteiger partial charge in [0.1, 0.15) is 5.71 Å². The maximum Gasteiger partial charge on any atom is 0.357 e. The molecule has 6 heteroatoms. The average Bonchev–Trinajstić information content (AvgIpc) is 3.12. The lowest BCUT2D eigenvalue weighted by molar-refractivity contribution is 0.0595. The first kappa shape index (κ1) is 12.7. The molecule has 1 aromatic heterocycles. The Morgan fingerprint density at radius 3 is 2.90 bits per heavy atom. The molecule has 1 aliphatic heterocycles. The minimum absolute atomic E-state index is 0.146. The summed E-state index contributed by atoms with van der Waals surface area (Å²) in [5, 5.41) is 1.77. The van der Waals surface area contributed by atoms with Crippen molar-refractivity contribution in [2.75, 3.05) is 7.11 Å². The Morgan fingerprint density at radius 2 is 2.10 bits per heavy atom. The number of nitrogens with zero attached hydrogens (tertiary/aromatic N) is 2. The summed E-state index contributed by atoms with van der Waals surface area (Å²) in [6.45, 7) is 0.506. The molecule has 0 saturated carbocycles. The monoisotopic (exact) mass is 286 g/mol. The molecule has 1 aromatic carbocycles. The van der Waals surface area contributed by atoms with E-state index in [-0.39, 0.29) is 16.5 Å². The highest BCUT2D eigenvalue weighted by molar-refractivity contribution is 7.13. The van der Waals surface area contributed by atoms with E-state index in [0.717, 1.165) is 22.5 Å². The molecule has 5 nitrogen and oxygen atoms in total. The van der Waals surface area contributed by atoms with E-state index >= 15 is 0 Å². The quantitative estimate of drug-likeness (QED) is 0.640. The Balaban J connectivity index is 1.91. The number of fused-ring (bicyclic) bond motifs is 1. The van der Waals surface area contributed by atoms with Crippen LogP contribution in [0.4, 0.5) is 0 Å². The van der Waals surface area contributed by atoms with Crippen molar-refractivity contribution in [1.29, 1.82) is 0 Å². The largest absolute Gasteiger partial charge is 0.464 e. The van der Waals surface area contributed by atoms with E-state index in [9.17, 15) is 9.59 Å². The first-order chi connectivity index (χ1) is 9.70. The number of ketones is 1. The molecule has 2 aromatic rings. The summed E-state index contributed by atoms with van der Waals surface area (Å²) in [5.74, 6) is -0.802. The molecule has 0 N–H and O–H groups in total. The van der Waals surface area contributed by atoms with Crippen LogP contribution in [-0.4, -0.2) is 29.6 Å². The molecule has 0 radical (unpaired) electrons. The first-order valence-corrected chi connectivity index (χ1v) is 6.80. The maximum absolute atomic E-state index is 12.4. The van der Waals surface area contributed by atoms with Gasteiger partial charge >= 0.3 is 5.97 Å². The van der Waals surface area contributed by atoms with E-state index < -0.39 is 5.97 Å². The molecule has 0 amide bonds. The third kappa shape index (κ3) is 2.04. The Kier molecular flexibility index (Phi) is 3.15. The lowest BCUT2D eigenvalue weighted by Gasteiger charge is -2.00. The number of benzene rings is 1. The number of esters is 1. The van der Waals surface area contributed by atoms with Crippen molar-refractivity contribution in [2.45, 2.75) is 6.54 Å². The highest BCUT2D eigenvalue weighted by Gasteiger charge is 2.25. The number of Topliss-reactive ketones (excluding diaryl/α,β-unsaturated/α-hetero) is 1. The minimum Gasteiger partial charge on any atom is -0.464 e. The van der Waals surface area contributed by atoms with Crippen molar-refractivity contribution in [2.24, 2.45) is 4.99 Å². The number of methoxy groups -OCH3 is 1. The van der Waals surface area contributed by atoms with Crippen LogP contribution in [0.3, 0.4) is 0 Å². The van der Waals surface area contributed by atoms with E-state index in [1.165, 1.54) is 12.5 Å². The van der Waals surface area contributed by atoms with Crippen molar-refractivity contribution in [3.8, 4) is 0 Å². The van der Waals surface area contributed by atoms with Gasteiger partial charge in [-0.15, -0.1) is 11.3 Å². The number of carbonyl (C=O) groups is 2. The van der Waals surface area contributed by atoms with Gasteiger partial charge in [0.05, 0.1) is 13.7 Å². The van der Waals surface area contributed by atoms with Crippen LogP contribution in [0.2, 0.25) is 0 Å². The highest BCUT2D eigenvalue weighted by Crippen LogP contribution is 2.22. The lowest BCUT2D eigenvalue weighted by Crippen LogP contribution is -2.14. The number of rotatable bonds is 3. The first-order valence-electron chi connectivity index (χ1n) is 5.92. The molecule has 0 bridgehead atoms. The third-order valence-electron chi connectivity index (χ3n) is 2.99. The molecule has 0 fully saturated rings. The standard InChI is InChI=1S/C14H10N2O3S/c1-19-14(18)10-7-20-13(16-10)12(17)11-9-5-3-2-4-8(9)6-15-11/h2-5,7H,6H2,1H3. The number of carbonyl (C=O) groups excluding carboxylic acids is 2. The van der Waals surface area contributed by atoms with Crippen molar-refractivity contribution in [1.82, 2.24) is 4.98 Å². The molecular weight excluding hydrogens is 276 g/mol. The van der Waals surface area contributed by atoms with Crippen molar-refractivity contribution >= 4 is 28.8 Å². The number of thiazole rings is 1. The van der Waals surface area contributed by atoms with E-state index in [4.69, 9.17) is 0 Å².